The minimum atomic E-state index is -3.78. The third-order valence-corrected chi connectivity index (χ3v) is 6.21. The van der Waals surface area contributed by atoms with Gasteiger partial charge in [0.25, 0.3) is 0 Å². The Morgan fingerprint density at radius 2 is 1.88 bits per heavy atom. The summed E-state index contributed by atoms with van der Waals surface area (Å²) in [6.45, 7) is 0. The van der Waals surface area contributed by atoms with Crippen molar-refractivity contribution in [3.05, 3.63) is 35.6 Å². The summed E-state index contributed by atoms with van der Waals surface area (Å²) in [6, 6.07) is 4.47. The number of benzene rings is 1. The van der Waals surface area contributed by atoms with E-state index < -0.39 is 10.0 Å². The van der Waals surface area contributed by atoms with Gasteiger partial charge in [-0.3, -0.25) is 4.98 Å². The maximum absolute atomic E-state index is 12.7. The highest BCUT2D eigenvalue weighted by Gasteiger charge is 2.26. The molecule has 0 radical (unpaired) electrons. The predicted octanol–water partition coefficient (Wildman–Crippen LogP) is 1.96. The summed E-state index contributed by atoms with van der Waals surface area (Å²) >= 11 is 6.12. The van der Waals surface area contributed by atoms with Gasteiger partial charge in [-0.25, -0.2) is 18.1 Å². The van der Waals surface area contributed by atoms with Gasteiger partial charge in [-0.05, 0) is 37.8 Å². The number of sulfonamides is 1. The molecule has 0 amide bonds. The summed E-state index contributed by atoms with van der Waals surface area (Å²) in [4.78, 5) is 8.11. The number of aromatic nitrogens is 2. The summed E-state index contributed by atoms with van der Waals surface area (Å²) in [5.41, 5.74) is 6.61. The zero-order chi connectivity index (χ0) is 18.0. The van der Waals surface area contributed by atoms with Crippen molar-refractivity contribution >= 4 is 27.4 Å². The highest BCUT2D eigenvalue weighted by atomic mass is 35.5. The van der Waals surface area contributed by atoms with Crippen LogP contribution in [-0.4, -0.2) is 35.6 Å². The smallest absolute Gasteiger partial charge is 0.242 e. The highest BCUT2D eigenvalue weighted by molar-refractivity contribution is 7.89. The number of aliphatic hydroxyl groups excluding tert-OH is 1. The lowest BCUT2D eigenvalue weighted by Crippen LogP contribution is -2.38. The van der Waals surface area contributed by atoms with E-state index in [4.69, 9.17) is 17.3 Å². The fourth-order valence-electron chi connectivity index (χ4n) is 2.83. The van der Waals surface area contributed by atoms with Crippen LogP contribution in [0.5, 0.6) is 0 Å². The molecule has 1 heterocycles. The van der Waals surface area contributed by atoms with Crippen molar-refractivity contribution in [2.75, 3.05) is 5.73 Å². The Labute approximate surface area is 151 Å². The van der Waals surface area contributed by atoms with Crippen molar-refractivity contribution < 1.29 is 13.5 Å². The monoisotopic (exact) mass is 382 g/mol. The number of anilines is 1. The molecule has 134 valence electrons. The molecule has 1 saturated carbocycles. The van der Waals surface area contributed by atoms with E-state index in [1.165, 1.54) is 24.5 Å². The van der Waals surface area contributed by atoms with Crippen molar-refractivity contribution in [2.24, 2.45) is 0 Å². The van der Waals surface area contributed by atoms with E-state index in [0.29, 0.717) is 36.9 Å². The summed E-state index contributed by atoms with van der Waals surface area (Å²) in [6.07, 6.45) is 4.90. The van der Waals surface area contributed by atoms with Crippen LogP contribution < -0.4 is 10.5 Å². The topological polar surface area (TPSA) is 118 Å². The standard InChI is InChI=1S/C16H19ClN4O3S/c17-13-6-1-10(14-8-20-16(18)9-19-14)7-15(13)25(23,24)21-11-2-4-12(22)5-3-11/h1,6-9,11-12,21-22H,2-5H2,(H2,18,20)/t11-,12-. The third kappa shape index (κ3) is 4.27. The normalized spacial score (nSPS) is 21.2. The first kappa shape index (κ1) is 18.1. The molecule has 3 rings (SSSR count). The quantitative estimate of drug-likeness (QED) is 0.743. The number of aliphatic hydroxyl groups is 1. The molecule has 0 saturated heterocycles. The van der Waals surface area contributed by atoms with E-state index in [2.05, 4.69) is 14.7 Å². The van der Waals surface area contributed by atoms with Crippen molar-refractivity contribution in [2.45, 2.75) is 42.7 Å². The number of nitrogens with two attached hydrogens (primary N) is 1. The number of halogens is 1. The van der Waals surface area contributed by atoms with Gasteiger partial charge in [-0.1, -0.05) is 17.7 Å². The molecule has 0 aliphatic heterocycles. The number of nitrogens with zero attached hydrogens (tertiary/aromatic N) is 2. The zero-order valence-corrected chi connectivity index (χ0v) is 15.0. The SMILES string of the molecule is Nc1cnc(-c2ccc(Cl)c(S(=O)(=O)N[C@H]3CC[C@H](O)CC3)c2)cn1. The molecular weight excluding hydrogens is 364 g/mol. The fourth-order valence-corrected chi connectivity index (χ4v) is 4.66. The Hall–Kier alpha value is -1.74. The number of hydrogen-bond acceptors (Lipinski definition) is 6. The van der Waals surface area contributed by atoms with Crippen LogP contribution in [0.15, 0.2) is 35.5 Å². The maximum atomic E-state index is 12.7. The fraction of sp³-hybridized carbons (Fsp3) is 0.375. The molecule has 1 fully saturated rings. The molecule has 1 aliphatic rings. The van der Waals surface area contributed by atoms with Gasteiger partial charge in [0.2, 0.25) is 10.0 Å². The Morgan fingerprint density at radius 1 is 1.16 bits per heavy atom. The lowest BCUT2D eigenvalue weighted by atomic mass is 9.94. The summed E-state index contributed by atoms with van der Waals surface area (Å²) in [5, 5.41) is 9.68. The van der Waals surface area contributed by atoms with Crippen LogP contribution in [0.25, 0.3) is 11.3 Å². The first-order valence-electron chi connectivity index (χ1n) is 7.93. The molecule has 25 heavy (non-hydrogen) atoms. The predicted molar refractivity (Wildman–Crippen MR) is 95.5 cm³/mol. The molecule has 0 bridgehead atoms. The minimum Gasteiger partial charge on any atom is -0.393 e. The first-order valence-corrected chi connectivity index (χ1v) is 9.79. The van der Waals surface area contributed by atoms with Crippen LogP contribution in [0.2, 0.25) is 5.02 Å². The molecule has 1 aromatic heterocycles. The average Bonchev–Trinajstić information content (AvgIpc) is 2.58. The maximum Gasteiger partial charge on any atom is 0.242 e. The summed E-state index contributed by atoms with van der Waals surface area (Å²) < 4.78 is 28.1. The van der Waals surface area contributed by atoms with Crippen LogP contribution in [0, 0.1) is 0 Å². The summed E-state index contributed by atoms with van der Waals surface area (Å²) in [7, 11) is -3.78. The molecule has 1 aromatic carbocycles. The number of rotatable bonds is 4. The molecule has 0 unspecified atom stereocenters. The number of hydrogen-bond donors (Lipinski definition) is 3. The molecule has 0 atom stereocenters. The lowest BCUT2D eigenvalue weighted by molar-refractivity contribution is 0.120. The Morgan fingerprint density at radius 3 is 2.52 bits per heavy atom. The average molecular weight is 383 g/mol. The van der Waals surface area contributed by atoms with Gasteiger partial charge < -0.3 is 10.8 Å². The molecule has 4 N–H and O–H groups in total. The van der Waals surface area contributed by atoms with Gasteiger partial charge >= 0.3 is 0 Å². The van der Waals surface area contributed by atoms with Crippen LogP contribution in [-0.2, 0) is 10.0 Å². The van der Waals surface area contributed by atoms with Crippen molar-refractivity contribution in [1.29, 1.82) is 0 Å². The first-order chi connectivity index (χ1) is 11.8. The van der Waals surface area contributed by atoms with Gasteiger partial charge in [0.15, 0.2) is 0 Å². The van der Waals surface area contributed by atoms with Crippen molar-refractivity contribution in [3.63, 3.8) is 0 Å². The second-order valence-corrected chi connectivity index (χ2v) is 8.19. The Balaban J connectivity index is 1.87. The van der Waals surface area contributed by atoms with E-state index in [9.17, 15) is 13.5 Å². The number of nitrogens with one attached hydrogen (secondary N) is 1. The lowest BCUT2D eigenvalue weighted by Gasteiger charge is -2.26. The van der Waals surface area contributed by atoms with E-state index in [1.54, 1.807) is 6.07 Å². The second kappa shape index (κ2) is 7.25. The van der Waals surface area contributed by atoms with Gasteiger partial charge in [0.1, 0.15) is 10.7 Å². The molecule has 9 heteroatoms. The van der Waals surface area contributed by atoms with Gasteiger partial charge in [0, 0.05) is 11.6 Å². The Kier molecular flexibility index (Phi) is 5.24. The van der Waals surface area contributed by atoms with E-state index in [-0.39, 0.29) is 27.9 Å². The molecular formula is C16H19ClN4O3S. The third-order valence-electron chi connectivity index (χ3n) is 4.21. The Bertz CT molecular complexity index is 850. The summed E-state index contributed by atoms with van der Waals surface area (Å²) in [5.74, 6) is 0.284. The number of nitrogen functional groups attached to an aromatic ring is 1. The van der Waals surface area contributed by atoms with Crippen LogP contribution in [0.1, 0.15) is 25.7 Å². The minimum absolute atomic E-state index is 0.00332. The zero-order valence-electron chi connectivity index (χ0n) is 13.4. The molecule has 2 aromatic rings. The van der Waals surface area contributed by atoms with Gasteiger partial charge in [-0.15, -0.1) is 0 Å². The van der Waals surface area contributed by atoms with Gasteiger partial charge in [0.05, 0.1) is 29.2 Å². The highest BCUT2D eigenvalue weighted by Crippen LogP contribution is 2.28. The van der Waals surface area contributed by atoms with Crippen LogP contribution in [0.3, 0.4) is 0 Å². The van der Waals surface area contributed by atoms with Crippen LogP contribution in [0.4, 0.5) is 5.82 Å². The van der Waals surface area contributed by atoms with E-state index in [1.807, 2.05) is 0 Å². The molecule has 0 spiro atoms. The van der Waals surface area contributed by atoms with Crippen LogP contribution >= 0.6 is 11.6 Å². The van der Waals surface area contributed by atoms with Gasteiger partial charge in [-0.2, -0.15) is 0 Å². The van der Waals surface area contributed by atoms with E-state index in [0.717, 1.165) is 0 Å². The molecule has 7 nitrogen and oxygen atoms in total. The van der Waals surface area contributed by atoms with Crippen molar-refractivity contribution in [1.82, 2.24) is 14.7 Å². The van der Waals surface area contributed by atoms with E-state index >= 15 is 0 Å². The molecule has 1 aliphatic carbocycles. The largest absolute Gasteiger partial charge is 0.393 e. The van der Waals surface area contributed by atoms with Crippen molar-refractivity contribution in [3.8, 4) is 11.3 Å². The second-order valence-electron chi connectivity index (χ2n) is 6.10.